The van der Waals surface area contributed by atoms with Gasteiger partial charge in [0.15, 0.2) is 0 Å². The van der Waals surface area contributed by atoms with Gasteiger partial charge in [-0.1, -0.05) is 0 Å². The van der Waals surface area contributed by atoms with E-state index in [1.807, 2.05) is 0 Å². The van der Waals surface area contributed by atoms with Gasteiger partial charge in [0.1, 0.15) is 11.6 Å². The maximum absolute atomic E-state index is 10.9. The van der Waals surface area contributed by atoms with Crippen LogP contribution in [-0.4, -0.2) is 14.9 Å². The molecular weight excluding hydrogens is 264 g/mol. The molecule has 0 saturated carbocycles. The van der Waals surface area contributed by atoms with Crippen LogP contribution in [-0.2, 0) is 0 Å². The molecule has 0 unspecified atom stereocenters. The topological polar surface area (TPSA) is 142 Å². The Balaban J connectivity index is 2.32. The number of hydrogen-bond acceptors (Lipinski definition) is 8. The van der Waals surface area contributed by atoms with Gasteiger partial charge in [0.25, 0.3) is 5.69 Å². The molecule has 1 heterocycles. The number of ether oxygens (including phenoxy) is 1. The summed E-state index contributed by atoms with van der Waals surface area (Å²) in [5.41, 5.74) is 8.29. The standard InChI is InChI=1S/C11H12N6O3/c1-6-2-3-7(4-8(6)17(18)19)20-10-5-9(16-13)14-11(12)15-10/h2-5H,13H2,1H3,(H3,12,14,15,16). The summed E-state index contributed by atoms with van der Waals surface area (Å²) in [6.45, 7) is 1.64. The molecule has 0 bridgehead atoms. The van der Waals surface area contributed by atoms with Gasteiger partial charge >= 0.3 is 0 Å². The minimum absolute atomic E-state index is 0.0305. The molecule has 0 radical (unpaired) electrons. The SMILES string of the molecule is Cc1ccc(Oc2cc(NN)nc(N)n2)cc1[N+](=O)[O-]. The van der Waals surface area contributed by atoms with Crippen molar-refractivity contribution in [1.82, 2.24) is 9.97 Å². The summed E-state index contributed by atoms with van der Waals surface area (Å²) in [6.07, 6.45) is 0. The summed E-state index contributed by atoms with van der Waals surface area (Å²) >= 11 is 0. The Morgan fingerprint density at radius 1 is 1.35 bits per heavy atom. The number of aryl methyl sites for hydroxylation is 1. The van der Waals surface area contributed by atoms with Crippen molar-refractivity contribution in [3.8, 4) is 11.6 Å². The number of aromatic nitrogens is 2. The fraction of sp³-hybridized carbons (Fsp3) is 0.0909. The van der Waals surface area contributed by atoms with Crippen LogP contribution < -0.4 is 21.7 Å². The highest BCUT2D eigenvalue weighted by Gasteiger charge is 2.13. The number of hydrazine groups is 1. The van der Waals surface area contributed by atoms with E-state index < -0.39 is 4.92 Å². The number of nitrogens with one attached hydrogen (secondary N) is 1. The molecule has 0 amide bonds. The van der Waals surface area contributed by atoms with Gasteiger partial charge in [-0.25, -0.2) is 5.84 Å². The lowest BCUT2D eigenvalue weighted by Crippen LogP contribution is -2.10. The molecule has 5 N–H and O–H groups in total. The van der Waals surface area contributed by atoms with Crippen molar-refractivity contribution in [1.29, 1.82) is 0 Å². The zero-order valence-electron chi connectivity index (χ0n) is 10.5. The predicted molar refractivity (Wildman–Crippen MR) is 72.2 cm³/mol. The summed E-state index contributed by atoms with van der Waals surface area (Å²) in [5.74, 6) is 5.86. The molecule has 0 spiro atoms. The second-order valence-electron chi connectivity index (χ2n) is 3.90. The smallest absolute Gasteiger partial charge is 0.276 e. The number of benzene rings is 1. The van der Waals surface area contributed by atoms with Crippen LogP contribution in [0.3, 0.4) is 0 Å². The van der Waals surface area contributed by atoms with Crippen LogP contribution in [0.5, 0.6) is 11.6 Å². The quantitative estimate of drug-likeness (QED) is 0.431. The third kappa shape index (κ3) is 2.90. The van der Waals surface area contributed by atoms with E-state index in [1.54, 1.807) is 19.1 Å². The van der Waals surface area contributed by atoms with Crippen molar-refractivity contribution in [2.45, 2.75) is 6.92 Å². The molecule has 0 atom stereocenters. The molecule has 0 aliphatic heterocycles. The van der Waals surface area contributed by atoms with Gasteiger partial charge in [-0.2, -0.15) is 9.97 Å². The highest BCUT2D eigenvalue weighted by molar-refractivity contribution is 5.47. The van der Waals surface area contributed by atoms with E-state index in [-0.39, 0.29) is 29.1 Å². The Hall–Kier alpha value is -2.94. The van der Waals surface area contributed by atoms with Gasteiger partial charge in [0.2, 0.25) is 11.8 Å². The van der Waals surface area contributed by atoms with Gasteiger partial charge < -0.3 is 15.9 Å². The lowest BCUT2D eigenvalue weighted by atomic mass is 10.2. The minimum Gasteiger partial charge on any atom is -0.439 e. The van der Waals surface area contributed by atoms with Gasteiger partial charge in [0.05, 0.1) is 11.0 Å². The molecule has 1 aromatic heterocycles. The average molecular weight is 276 g/mol. The number of nitro groups is 1. The van der Waals surface area contributed by atoms with Crippen LogP contribution in [0.2, 0.25) is 0 Å². The van der Waals surface area contributed by atoms with E-state index in [0.717, 1.165) is 0 Å². The Labute approximate surface area is 113 Å². The molecule has 9 nitrogen and oxygen atoms in total. The highest BCUT2D eigenvalue weighted by atomic mass is 16.6. The molecule has 0 aliphatic rings. The minimum atomic E-state index is -0.483. The third-order valence-electron chi connectivity index (χ3n) is 2.47. The predicted octanol–water partition coefficient (Wildman–Crippen LogP) is 1.35. The van der Waals surface area contributed by atoms with E-state index in [4.69, 9.17) is 16.3 Å². The highest BCUT2D eigenvalue weighted by Crippen LogP contribution is 2.27. The number of nitrogens with zero attached hydrogens (tertiary/aromatic N) is 3. The monoisotopic (exact) mass is 276 g/mol. The maximum atomic E-state index is 10.9. The van der Waals surface area contributed by atoms with Crippen molar-refractivity contribution in [3.05, 3.63) is 39.9 Å². The second kappa shape index (κ2) is 5.36. The van der Waals surface area contributed by atoms with Crippen LogP contribution in [0.4, 0.5) is 17.5 Å². The molecule has 0 aliphatic carbocycles. The van der Waals surface area contributed by atoms with Crippen molar-refractivity contribution >= 4 is 17.5 Å². The second-order valence-corrected chi connectivity index (χ2v) is 3.90. The molecule has 104 valence electrons. The summed E-state index contributed by atoms with van der Waals surface area (Å²) in [7, 11) is 0. The molecule has 20 heavy (non-hydrogen) atoms. The lowest BCUT2D eigenvalue weighted by Gasteiger charge is -2.07. The normalized spacial score (nSPS) is 10.1. The van der Waals surface area contributed by atoms with E-state index in [1.165, 1.54) is 12.1 Å². The van der Waals surface area contributed by atoms with Gasteiger partial charge in [-0.15, -0.1) is 0 Å². The fourth-order valence-corrected chi connectivity index (χ4v) is 1.54. The fourth-order valence-electron chi connectivity index (χ4n) is 1.54. The van der Waals surface area contributed by atoms with Gasteiger partial charge in [0, 0.05) is 11.6 Å². The first-order valence-corrected chi connectivity index (χ1v) is 5.53. The number of nitrogen functional groups attached to an aromatic ring is 2. The molecule has 9 heteroatoms. The first kappa shape index (κ1) is 13.5. The van der Waals surface area contributed by atoms with Crippen LogP contribution in [0.15, 0.2) is 24.3 Å². The number of nitrogens with two attached hydrogens (primary N) is 2. The molecule has 0 saturated heterocycles. The summed E-state index contributed by atoms with van der Waals surface area (Å²) in [6, 6.07) is 5.90. The van der Waals surface area contributed by atoms with Gasteiger partial charge in [-0.05, 0) is 19.1 Å². The largest absolute Gasteiger partial charge is 0.439 e. The van der Waals surface area contributed by atoms with E-state index in [2.05, 4.69) is 15.4 Å². The number of anilines is 2. The van der Waals surface area contributed by atoms with Crippen molar-refractivity contribution < 1.29 is 9.66 Å². The van der Waals surface area contributed by atoms with Crippen LogP contribution in [0.25, 0.3) is 0 Å². The molecule has 1 aromatic carbocycles. The zero-order valence-corrected chi connectivity index (χ0v) is 10.5. The van der Waals surface area contributed by atoms with Crippen LogP contribution in [0, 0.1) is 17.0 Å². The van der Waals surface area contributed by atoms with E-state index in [0.29, 0.717) is 5.56 Å². The van der Waals surface area contributed by atoms with E-state index in [9.17, 15) is 10.1 Å². The summed E-state index contributed by atoms with van der Waals surface area (Å²) < 4.78 is 5.42. The zero-order chi connectivity index (χ0) is 14.7. The first-order valence-electron chi connectivity index (χ1n) is 5.53. The lowest BCUT2D eigenvalue weighted by molar-refractivity contribution is -0.385. The number of rotatable bonds is 4. The number of hydrogen-bond donors (Lipinski definition) is 3. The molecule has 0 fully saturated rings. The summed E-state index contributed by atoms with van der Waals surface area (Å²) in [4.78, 5) is 18.0. The average Bonchev–Trinajstić information content (AvgIpc) is 2.40. The molecular formula is C11H12N6O3. The molecule has 2 aromatic rings. The Bertz CT molecular complexity index is 661. The third-order valence-corrected chi connectivity index (χ3v) is 2.47. The number of nitro benzene ring substituents is 1. The van der Waals surface area contributed by atoms with Crippen molar-refractivity contribution in [2.75, 3.05) is 11.2 Å². The van der Waals surface area contributed by atoms with E-state index >= 15 is 0 Å². The van der Waals surface area contributed by atoms with Gasteiger partial charge in [-0.3, -0.25) is 10.1 Å². The van der Waals surface area contributed by atoms with Crippen molar-refractivity contribution in [2.24, 2.45) is 5.84 Å². The van der Waals surface area contributed by atoms with Crippen LogP contribution in [0.1, 0.15) is 5.56 Å². The Kier molecular flexibility index (Phi) is 3.62. The van der Waals surface area contributed by atoms with Crippen LogP contribution >= 0.6 is 0 Å². The Morgan fingerprint density at radius 3 is 2.75 bits per heavy atom. The first-order chi connectivity index (χ1) is 9.49. The molecule has 2 rings (SSSR count). The maximum Gasteiger partial charge on any atom is 0.276 e. The Morgan fingerprint density at radius 2 is 2.10 bits per heavy atom. The summed E-state index contributed by atoms with van der Waals surface area (Å²) in [5, 5.41) is 10.9. The van der Waals surface area contributed by atoms with Crippen molar-refractivity contribution in [3.63, 3.8) is 0 Å².